The fraction of sp³-hybridized carbons (Fsp3) is 0.111. The lowest BCUT2D eigenvalue weighted by molar-refractivity contribution is 1.51. The van der Waals surface area contributed by atoms with Crippen LogP contribution in [0.3, 0.4) is 0 Å². The van der Waals surface area contributed by atoms with Crippen LogP contribution >= 0.6 is 0 Å². The molecule has 0 saturated heterocycles. The Morgan fingerprint density at radius 1 is 0.810 bits per heavy atom. The van der Waals surface area contributed by atoms with Crippen LogP contribution in [0.4, 0.5) is 11.4 Å². The van der Waals surface area contributed by atoms with E-state index in [1.807, 2.05) is 48.5 Å². The van der Waals surface area contributed by atoms with Crippen LogP contribution in [0.25, 0.3) is 0 Å². The van der Waals surface area contributed by atoms with Gasteiger partial charge in [0.1, 0.15) is 0 Å². The van der Waals surface area contributed by atoms with Crippen molar-refractivity contribution >= 4 is 19.8 Å². The summed E-state index contributed by atoms with van der Waals surface area (Å²) in [4.78, 5) is 7.12. The van der Waals surface area contributed by atoms with E-state index in [2.05, 4.69) is 34.9 Å². The van der Waals surface area contributed by atoms with Crippen molar-refractivity contribution < 1.29 is 0 Å². The number of hydrogen-bond donors (Lipinski definition) is 2. The van der Waals surface area contributed by atoms with Crippen molar-refractivity contribution in [1.82, 2.24) is 0 Å². The Bertz CT molecular complexity index is 659. The van der Waals surface area contributed by atoms with E-state index in [1.54, 1.807) is 0 Å². The molecule has 0 radical (unpaired) electrons. The van der Waals surface area contributed by atoms with Gasteiger partial charge in [0, 0.05) is 22.5 Å². The highest BCUT2D eigenvalue weighted by Gasteiger charge is 2.21. The molecule has 2 nitrogen and oxygen atoms in total. The number of hydrogen-bond acceptors (Lipinski definition) is 2. The summed E-state index contributed by atoms with van der Waals surface area (Å²) >= 11 is 0. The first kappa shape index (κ1) is 14.8. The number of terminal acetylenes is 2. The van der Waals surface area contributed by atoms with Gasteiger partial charge in [-0.15, -0.1) is 12.8 Å². The largest absolute Gasteiger partial charge is 0.395 e. The zero-order valence-electron chi connectivity index (χ0n) is 12.3. The Hall–Kier alpha value is -2.62. The molecule has 0 aliphatic carbocycles. The minimum Gasteiger partial charge on any atom is -0.395 e. The summed E-state index contributed by atoms with van der Waals surface area (Å²) in [6.45, 7) is 4.39. The number of nitrogens with one attached hydrogen (secondary N) is 2. The molecule has 0 spiro atoms. The minimum atomic E-state index is -1.89. The fourth-order valence-corrected chi connectivity index (χ4v) is 3.94. The topological polar surface area (TPSA) is 24.1 Å². The van der Waals surface area contributed by atoms with Gasteiger partial charge in [-0.2, -0.15) is 0 Å². The maximum atomic E-state index is 5.44. The monoisotopic (exact) mass is 290 g/mol. The van der Waals surface area contributed by atoms with Gasteiger partial charge in [-0.1, -0.05) is 24.0 Å². The molecule has 0 aliphatic heterocycles. The highest BCUT2D eigenvalue weighted by atomic mass is 28.3. The molecule has 0 amide bonds. The van der Waals surface area contributed by atoms with Crippen LogP contribution in [0, 0.1) is 24.7 Å². The van der Waals surface area contributed by atoms with E-state index >= 15 is 0 Å². The lowest BCUT2D eigenvalue weighted by Gasteiger charge is -2.27. The zero-order chi connectivity index (χ0) is 15.3. The Balaban J connectivity index is 2.14. The molecule has 0 unspecified atom stereocenters. The van der Waals surface area contributed by atoms with Crippen LogP contribution in [0.2, 0.25) is 13.1 Å². The summed E-state index contributed by atoms with van der Waals surface area (Å²) in [6, 6.07) is 15.8. The average Bonchev–Trinajstić information content (AvgIpc) is 2.46. The standard InChI is InChI=1S/C18H18N2Si/c1-5-15-9-7-11-17(13-15)19-21(3,4)20-18-12-8-10-16(6-2)14-18/h1-2,7-14,19-20H,3-4H3. The molecule has 0 fully saturated rings. The van der Waals surface area contributed by atoms with E-state index in [0.717, 1.165) is 22.5 Å². The highest BCUT2D eigenvalue weighted by Crippen LogP contribution is 2.18. The predicted octanol–water partition coefficient (Wildman–Crippen LogP) is 3.88. The molecule has 3 heteroatoms. The van der Waals surface area contributed by atoms with Crippen molar-refractivity contribution in [3.05, 3.63) is 59.7 Å². The Kier molecular flexibility index (Phi) is 4.38. The summed E-state index contributed by atoms with van der Waals surface area (Å²) in [5.74, 6) is 5.30. The molecular weight excluding hydrogens is 272 g/mol. The maximum absolute atomic E-state index is 5.44. The van der Waals surface area contributed by atoms with Gasteiger partial charge in [-0.25, -0.2) is 0 Å². The van der Waals surface area contributed by atoms with Gasteiger partial charge in [0.15, 0.2) is 0 Å². The number of benzene rings is 2. The van der Waals surface area contributed by atoms with Crippen molar-refractivity contribution in [2.24, 2.45) is 0 Å². The third-order valence-corrected chi connectivity index (χ3v) is 4.80. The first-order valence-electron chi connectivity index (χ1n) is 6.72. The zero-order valence-corrected chi connectivity index (χ0v) is 13.3. The highest BCUT2D eigenvalue weighted by molar-refractivity contribution is 6.83. The Morgan fingerprint density at radius 3 is 1.62 bits per heavy atom. The fourth-order valence-electron chi connectivity index (χ4n) is 2.13. The first-order valence-corrected chi connectivity index (χ1v) is 9.72. The van der Waals surface area contributed by atoms with Gasteiger partial charge in [-0.05, 0) is 49.5 Å². The van der Waals surface area contributed by atoms with Crippen LogP contribution < -0.4 is 9.96 Å². The molecule has 104 valence electrons. The van der Waals surface area contributed by atoms with Gasteiger partial charge < -0.3 is 9.96 Å². The van der Waals surface area contributed by atoms with Gasteiger partial charge in [0.25, 0.3) is 8.40 Å². The Labute approximate surface area is 127 Å². The molecule has 0 atom stereocenters. The first-order chi connectivity index (χ1) is 10.0. The van der Waals surface area contributed by atoms with E-state index in [9.17, 15) is 0 Å². The molecule has 2 aromatic carbocycles. The van der Waals surface area contributed by atoms with Gasteiger partial charge in [0.05, 0.1) is 0 Å². The van der Waals surface area contributed by atoms with E-state index in [4.69, 9.17) is 12.8 Å². The van der Waals surface area contributed by atoms with Gasteiger partial charge in [-0.3, -0.25) is 0 Å². The van der Waals surface area contributed by atoms with Crippen LogP contribution in [0.5, 0.6) is 0 Å². The normalized spacial score (nSPS) is 10.3. The molecule has 0 aliphatic rings. The van der Waals surface area contributed by atoms with E-state index in [-0.39, 0.29) is 0 Å². The summed E-state index contributed by atoms with van der Waals surface area (Å²) in [7, 11) is -1.89. The van der Waals surface area contributed by atoms with Crippen molar-refractivity contribution in [3.63, 3.8) is 0 Å². The summed E-state index contributed by atoms with van der Waals surface area (Å²) in [5, 5.41) is 0. The van der Waals surface area contributed by atoms with E-state index < -0.39 is 8.40 Å². The molecular formula is C18H18N2Si. The predicted molar refractivity (Wildman–Crippen MR) is 93.5 cm³/mol. The minimum absolute atomic E-state index is 0.874. The van der Waals surface area contributed by atoms with Crippen LogP contribution in [0.1, 0.15) is 11.1 Å². The lowest BCUT2D eigenvalue weighted by Crippen LogP contribution is -2.45. The Morgan fingerprint density at radius 2 is 1.24 bits per heavy atom. The molecule has 0 bridgehead atoms. The number of rotatable bonds is 4. The van der Waals surface area contributed by atoms with E-state index in [0.29, 0.717) is 0 Å². The molecule has 21 heavy (non-hydrogen) atoms. The third-order valence-electron chi connectivity index (χ3n) is 2.97. The van der Waals surface area contributed by atoms with Crippen molar-refractivity contribution in [3.8, 4) is 24.7 Å². The van der Waals surface area contributed by atoms with Crippen LogP contribution in [-0.4, -0.2) is 8.40 Å². The smallest absolute Gasteiger partial charge is 0.252 e. The molecule has 0 saturated carbocycles. The summed E-state index contributed by atoms with van der Waals surface area (Å²) in [6.07, 6.45) is 10.9. The second kappa shape index (κ2) is 6.22. The molecule has 2 aromatic rings. The molecule has 0 heterocycles. The average molecular weight is 290 g/mol. The van der Waals surface area contributed by atoms with Gasteiger partial charge >= 0.3 is 0 Å². The SMILES string of the molecule is C#Cc1cccc(N[Si](C)(C)Nc2cccc(C#C)c2)c1. The third kappa shape index (κ3) is 4.17. The summed E-state index contributed by atoms with van der Waals surface area (Å²) < 4.78 is 0. The maximum Gasteiger partial charge on any atom is 0.252 e. The molecule has 2 N–H and O–H groups in total. The summed E-state index contributed by atoms with van der Waals surface area (Å²) in [5.41, 5.74) is 3.81. The molecule has 2 rings (SSSR count). The van der Waals surface area contributed by atoms with Crippen molar-refractivity contribution in [2.75, 3.05) is 9.96 Å². The number of anilines is 2. The molecule has 0 aromatic heterocycles. The lowest BCUT2D eigenvalue weighted by atomic mass is 10.2. The van der Waals surface area contributed by atoms with Crippen molar-refractivity contribution in [1.29, 1.82) is 0 Å². The quantitative estimate of drug-likeness (QED) is 0.659. The second-order valence-electron chi connectivity index (χ2n) is 5.33. The van der Waals surface area contributed by atoms with Crippen LogP contribution in [0.15, 0.2) is 48.5 Å². The van der Waals surface area contributed by atoms with E-state index in [1.165, 1.54) is 0 Å². The van der Waals surface area contributed by atoms with Crippen LogP contribution in [-0.2, 0) is 0 Å². The second-order valence-corrected chi connectivity index (χ2v) is 9.08. The van der Waals surface area contributed by atoms with Crippen molar-refractivity contribution in [2.45, 2.75) is 13.1 Å². The van der Waals surface area contributed by atoms with Gasteiger partial charge in [0.2, 0.25) is 0 Å².